The molecule has 0 unspecified atom stereocenters. The summed E-state index contributed by atoms with van der Waals surface area (Å²) in [5.74, 6) is 0.771. The van der Waals surface area contributed by atoms with Crippen molar-refractivity contribution in [3.8, 4) is 6.07 Å². The molecular weight excluding hydrogens is 390 g/mol. The number of thioether (sulfide) groups is 1. The van der Waals surface area contributed by atoms with Crippen LogP contribution in [0.3, 0.4) is 0 Å². The first kappa shape index (κ1) is 19.0. The third-order valence-electron chi connectivity index (χ3n) is 3.42. The Morgan fingerprint density at radius 1 is 1.42 bits per heavy atom. The van der Waals surface area contributed by atoms with Gasteiger partial charge in [0.15, 0.2) is 5.16 Å². The second-order valence-electron chi connectivity index (χ2n) is 5.17. The zero-order chi connectivity index (χ0) is 17.4. The average Bonchev–Trinajstić information content (AvgIpc) is 2.58. The molecule has 0 saturated heterocycles. The first-order valence-electron chi connectivity index (χ1n) is 7.95. The summed E-state index contributed by atoms with van der Waals surface area (Å²) < 4.78 is 7.96. The monoisotopic (exact) mass is 409 g/mol. The fourth-order valence-electron chi connectivity index (χ4n) is 2.26. The predicted molar refractivity (Wildman–Crippen MR) is 100 cm³/mol. The van der Waals surface area contributed by atoms with E-state index in [1.54, 1.807) is 4.57 Å². The van der Waals surface area contributed by atoms with Gasteiger partial charge in [-0.2, -0.15) is 5.26 Å². The molecule has 0 aliphatic carbocycles. The zero-order valence-electron chi connectivity index (χ0n) is 13.6. The Morgan fingerprint density at radius 3 is 3.00 bits per heavy atom. The highest BCUT2D eigenvalue weighted by atomic mass is 79.9. The van der Waals surface area contributed by atoms with Crippen LogP contribution in [0.4, 0.5) is 0 Å². The first-order chi connectivity index (χ1) is 11.7. The van der Waals surface area contributed by atoms with E-state index in [4.69, 9.17) is 10.00 Å². The molecule has 0 bridgehead atoms. The van der Waals surface area contributed by atoms with Crippen LogP contribution >= 0.6 is 27.7 Å². The summed E-state index contributed by atoms with van der Waals surface area (Å²) in [4.78, 5) is 17.5. The number of halogens is 1. The molecule has 1 aromatic carbocycles. The number of hydrogen-bond donors (Lipinski definition) is 0. The number of unbranched alkanes of at least 4 members (excludes halogenated alkanes) is 1. The van der Waals surface area contributed by atoms with Crippen LogP contribution in [0.2, 0.25) is 0 Å². The molecule has 5 nitrogen and oxygen atoms in total. The normalized spacial score (nSPS) is 10.9. The summed E-state index contributed by atoms with van der Waals surface area (Å²) in [5.41, 5.74) is 0.674. The van der Waals surface area contributed by atoms with Crippen molar-refractivity contribution in [2.75, 3.05) is 19.0 Å². The summed E-state index contributed by atoms with van der Waals surface area (Å²) in [7, 11) is 0. The van der Waals surface area contributed by atoms with E-state index in [1.807, 2.05) is 25.1 Å². The minimum Gasteiger partial charge on any atom is -0.382 e. The van der Waals surface area contributed by atoms with Gasteiger partial charge in [-0.1, -0.05) is 27.7 Å². The number of aromatic nitrogens is 2. The third kappa shape index (κ3) is 5.07. The highest BCUT2D eigenvalue weighted by Gasteiger charge is 2.12. The molecule has 24 heavy (non-hydrogen) atoms. The topological polar surface area (TPSA) is 67.9 Å². The lowest BCUT2D eigenvalue weighted by molar-refractivity contribution is 0.140. The van der Waals surface area contributed by atoms with Crippen molar-refractivity contribution >= 4 is 38.6 Å². The summed E-state index contributed by atoms with van der Waals surface area (Å²) >= 11 is 4.94. The Bertz CT molecular complexity index is 786. The third-order valence-corrected chi connectivity index (χ3v) is 4.98. The second kappa shape index (κ2) is 9.82. The Hall–Kier alpha value is -1.36. The van der Waals surface area contributed by atoms with Crippen LogP contribution in [0.5, 0.6) is 0 Å². The van der Waals surface area contributed by atoms with Gasteiger partial charge in [-0.05, 0) is 38.0 Å². The Morgan fingerprint density at radius 2 is 2.25 bits per heavy atom. The molecule has 0 saturated carbocycles. The van der Waals surface area contributed by atoms with E-state index < -0.39 is 0 Å². The number of rotatable bonds is 9. The Labute approximate surface area is 154 Å². The van der Waals surface area contributed by atoms with Crippen molar-refractivity contribution in [1.29, 1.82) is 5.26 Å². The van der Waals surface area contributed by atoms with Crippen LogP contribution in [0.1, 0.15) is 26.2 Å². The van der Waals surface area contributed by atoms with E-state index in [2.05, 4.69) is 27.0 Å². The molecule has 0 atom stereocenters. The maximum Gasteiger partial charge on any atom is 0.262 e. The number of ether oxygens (including phenoxy) is 1. The maximum absolute atomic E-state index is 12.8. The van der Waals surface area contributed by atoms with Gasteiger partial charge in [0.2, 0.25) is 0 Å². The van der Waals surface area contributed by atoms with Gasteiger partial charge in [-0.25, -0.2) is 4.98 Å². The summed E-state index contributed by atoms with van der Waals surface area (Å²) in [5, 5.41) is 9.97. The van der Waals surface area contributed by atoms with E-state index in [0.29, 0.717) is 42.2 Å². The van der Waals surface area contributed by atoms with Crippen LogP contribution < -0.4 is 5.56 Å². The van der Waals surface area contributed by atoms with Gasteiger partial charge in [0.05, 0.1) is 17.0 Å². The van der Waals surface area contributed by atoms with Crippen LogP contribution in [-0.4, -0.2) is 28.5 Å². The maximum atomic E-state index is 12.8. The zero-order valence-corrected chi connectivity index (χ0v) is 16.0. The molecular formula is C17H20BrN3O2S. The number of nitriles is 1. The van der Waals surface area contributed by atoms with Crippen molar-refractivity contribution in [2.45, 2.75) is 37.9 Å². The van der Waals surface area contributed by atoms with Gasteiger partial charge in [0.1, 0.15) is 0 Å². The van der Waals surface area contributed by atoms with Crippen molar-refractivity contribution in [2.24, 2.45) is 0 Å². The lowest BCUT2D eigenvalue weighted by Crippen LogP contribution is -2.24. The molecule has 1 heterocycles. The fourth-order valence-corrected chi connectivity index (χ4v) is 3.59. The minimum absolute atomic E-state index is 0.0272. The standard InChI is InChI=1S/C17H20BrN3O2S/c1-2-23-10-5-9-21-16(22)14-12-13(18)6-7-15(14)20-17(21)24-11-4-3-8-19/h6-7,12H,2-5,9-11H2,1H3. The first-order valence-corrected chi connectivity index (χ1v) is 9.72. The van der Waals surface area contributed by atoms with Crippen molar-refractivity contribution < 1.29 is 4.74 Å². The number of nitrogens with zero attached hydrogens (tertiary/aromatic N) is 3. The van der Waals surface area contributed by atoms with Crippen LogP contribution in [0.15, 0.2) is 32.6 Å². The quantitative estimate of drug-likeness (QED) is 0.355. The van der Waals surface area contributed by atoms with E-state index in [-0.39, 0.29) is 5.56 Å². The molecule has 0 fully saturated rings. The van der Waals surface area contributed by atoms with Crippen molar-refractivity contribution in [3.63, 3.8) is 0 Å². The number of benzene rings is 1. The Kier molecular flexibility index (Phi) is 7.76. The van der Waals surface area contributed by atoms with E-state index >= 15 is 0 Å². The summed E-state index contributed by atoms with van der Waals surface area (Å²) in [6, 6.07) is 7.69. The molecule has 7 heteroatoms. The fraction of sp³-hybridized carbons (Fsp3) is 0.471. The van der Waals surface area contributed by atoms with Gasteiger partial charge in [-0.3, -0.25) is 9.36 Å². The predicted octanol–water partition coefficient (Wildman–Crippen LogP) is 3.98. The van der Waals surface area contributed by atoms with Gasteiger partial charge in [0, 0.05) is 36.4 Å². The average molecular weight is 410 g/mol. The van der Waals surface area contributed by atoms with E-state index in [9.17, 15) is 4.79 Å². The van der Waals surface area contributed by atoms with E-state index in [1.165, 1.54) is 11.8 Å². The molecule has 2 rings (SSSR count). The lowest BCUT2D eigenvalue weighted by atomic mass is 10.2. The van der Waals surface area contributed by atoms with Gasteiger partial charge in [-0.15, -0.1) is 0 Å². The number of hydrogen-bond acceptors (Lipinski definition) is 5. The lowest BCUT2D eigenvalue weighted by Gasteiger charge is -2.13. The summed E-state index contributed by atoms with van der Waals surface area (Å²) in [6.45, 7) is 3.83. The van der Waals surface area contributed by atoms with Gasteiger partial charge < -0.3 is 4.74 Å². The van der Waals surface area contributed by atoms with Gasteiger partial charge >= 0.3 is 0 Å². The molecule has 0 amide bonds. The second-order valence-corrected chi connectivity index (χ2v) is 7.15. The largest absolute Gasteiger partial charge is 0.382 e. The molecule has 0 N–H and O–H groups in total. The molecule has 1 aromatic heterocycles. The minimum atomic E-state index is -0.0272. The molecule has 0 radical (unpaired) electrons. The molecule has 0 spiro atoms. The smallest absolute Gasteiger partial charge is 0.262 e. The van der Waals surface area contributed by atoms with Crippen molar-refractivity contribution in [1.82, 2.24) is 9.55 Å². The highest BCUT2D eigenvalue weighted by molar-refractivity contribution is 9.10. The SMILES string of the molecule is CCOCCCn1c(SCCCC#N)nc2ccc(Br)cc2c1=O. The molecule has 2 aromatic rings. The molecule has 0 aliphatic heterocycles. The van der Waals surface area contributed by atoms with Crippen LogP contribution in [0.25, 0.3) is 10.9 Å². The van der Waals surface area contributed by atoms with Crippen LogP contribution in [-0.2, 0) is 11.3 Å². The number of fused-ring (bicyclic) bond motifs is 1. The highest BCUT2D eigenvalue weighted by Crippen LogP contribution is 2.21. The Balaban J connectivity index is 2.31. The van der Waals surface area contributed by atoms with Crippen molar-refractivity contribution in [3.05, 3.63) is 33.0 Å². The van der Waals surface area contributed by atoms with Gasteiger partial charge in [0.25, 0.3) is 5.56 Å². The summed E-state index contributed by atoms with van der Waals surface area (Å²) in [6.07, 6.45) is 2.07. The molecule has 128 valence electrons. The van der Waals surface area contributed by atoms with Crippen LogP contribution in [0, 0.1) is 11.3 Å². The molecule has 0 aliphatic rings. The van der Waals surface area contributed by atoms with E-state index in [0.717, 1.165) is 23.1 Å².